The quantitative estimate of drug-likeness (QED) is 0.810. The number of amides is 2. The zero-order valence-electron chi connectivity index (χ0n) is 12.5. The summed E-state index contributed by atoms with van der Waals surface area (Å²) in [4.78, 5) is 33.7. The van der Waals surface area contributed by atoms with Gasteiger partial charge in [-0.2, -0.15) is 13.2 Å². The van der Waals surface area contributed by atoms with Crippen molar-refractivity contribution in [1.82, 2.24) is 9.88 Å². The molecule has 2 amide bonds. The minimum Gasteiger partial charge on any atom is -0.480 e. The highest BCUT2D eigenvalue weighted by atomic mass is 19.4. The van der Waals surface area contributed by atoms with Crippen molar-refractivity contribution in [1.29, 1.82) is 0 Å². The van der Waals surface area contributed by atoms with E-state index in [0.29, 0.717) is 11.8 Å². The molecule has 0 fully saturated rings. The second-order valence-electron chi connectivity index (χ2n) is 5.39. The molecule has 0 aromatic carbocycles. The molecule has 0 atom stereocenters. The molecule has 11 heteroatoms. The average molecular weight is 353 g/mol. The lowest BCUT2D eigenvalue weighted by Crippen LogP contribution is -2.51. The minimum atomic E-state index is -4.67. The highest BCUT2D eigenvalue weighted by Crippen LogP contribution is 2.36. The van der Waals surface area contributed by atoms with Gasteiger partial charge in [-0.3, -0.25) is 14.6 Å². The Morgan fingerprint density at radius 1 is 1.24 bits per heavy atom. The number of hydrogen-bond acceptors (Lipinski definition) is 6. The molecule has 3 aliphatic rings. The van der Waals surface area contributed by atoms with Crippen LogP contribution in [0.5, 0.6) is 5.75 Å². The standard InChI is InChI=1S/C14H10F3N5O3/c15-14(16,17)8-5-11(24)22(13-18-3-4-21(8)13)9-2-1-7-12(19-9)20-10(23)6-25-7/h1-2,5H,3-4,6H2,(H,19,20,23). The molecule has 4 heterocycles. The van der Waals surface area contributed by atoms with Gasteiger partial charge in [-0.1, -0.05) is 0 Å². The van der Waals surface area contributed by atoms with Crippen molar-refractivity contribution >= 4 is 29.4 Å². The molecule has 0 bridgehead atoms. The van der Waals surface area contributed by atoms with Gasteiger partial charge >= 0.3 is 6.18 Å². The Morgan fingerprint density at radius 2 is 2.04 bits per heavy atom. The van der Waals surface area contributed by atoms with Crippen molar-refractivity contribution in [3.63, 3.8) is 0 Å². The van der Waals surface area contributed by atoms with E-state index in [1.165, 1.54) is 12.1 Å². The molecule has 0 saturated heterocycles. The van der Waals surface area contributed by atoms with Crippen molar-refractivity contribution in [2.24, 2.45) is 4.99 Å². The second kappa shape index (κ2) is 5.19. The van der Waals surface area contributed by atoms with E-state index in [9.17, 15) is 22.8 Å². The number of aromatic nitrogens is 1. The Labute approximate surface area is 138 Å². The molecule has 0 unspecified atom stereocenters. The number of rotatable bonds is 1. The number of fused-ring (bicyclic) bond motifs is 2. The first-order valence-corrected chi connectivity index (χ1v) is 7.23. The number of allylic oxidation sites excluding steroid dienone is 1. The molecule has 25 heavy (non-hydrogen) atoms. The normalized spacial score (nSPS) is 19.6. The fraction of sp³-hybridized carbons (Fsp3) is 0.286. The maximum absolute atomic E-state index is 13.1. The van der Waals surface area contributed by atoms with Crippen LogP contribution in [0, 0.1) is 0 Å². The predicted octanol–water partition coefficient (Wildman–Crippen LogP) is 0.877. The topological polar surface area (TPSA) is 87.1 Å². The van der Waals surface area contributed by atoms with Gasteiger partial charge in [0.2, 0.25) is 5.96 Å². The van der Waals surface area contributed by atoms with Gasteiger partial charge in [0.05, 0.1) is 6.54 Å². The third-order valence-electron chi connectivity index (χ3n) is 3.77. The van der Waals surface area contributed by atoms with E-state index in [2.05, 4.69) is 15.3 Å². The van der Waals surface area contributed by atoms with Crippen LogP contribution in [-0.4, -0.2) is 53.5 Å². The maximum Gasteiger partial charge on any atom is 0.431 e. The van der Waals surface area contributed by atoms with Crippen molar-refractivity contribution in [2.45, 2.75) is 6.18 Å². The summed E-state index contributed by atoms with van der Waals surface area (Å²) in [5.41, 5.74) is -1.06. The Balaban J connectivity index is 1.76. The van der Waals surface area contributed by atoms with Crippen LogP contribution in [0.1, 0.15) is 0 Å². The summed E-state index contributed by atoms with van der Waals surface area (Å²) in [6, 6.07) is 2.90. The molecular weight excluding hydrogens is 343 g/mol. The molecule has 4 rings (SSSR count). The van der Waals surface area contributed by atoms with Gasteiger partial charge in [-0.05, 0) is 12.1 Å². The number of anilines is 2. The summed E-state index contributed by atoms with van der Waals surface area (Å²) in [6.45, 7) is -0.0264. The predicted molar refractivity (Wildman–Crippen MR) is 79.0 cm³/mol. The van der Waals surface area contributed by atoms with E-state index in [4.69, 9.17) is 4.74 Å². The molecular formula is C14H10F3N5O3. The summed E-state index contributed by atoms with van der Waals surface area (Å²) in [7, 11) is 0. The number of aliphatic imine (C=N–C) groups is 1. The number of alkyl halides is 3. The summed E-state index contributed by atoms with van der Waals surface area (Å²) >= 11 is 0. The fourth-order valence-corrected chi connectivity index (χ4v) is 2.74. The zero-order chi connectivity index (χ0) is 17.8. The van der Waals surface area contributed by atoms with Crippen LogP contribution in [0.2, 0.25) is 0 Å². The van der Waals surface area contributed by atoms with Crippen LogP contribution < -0.4 is 15.0 Å². The van der Waals surface area contributed by atoms with Crippen molar-refractivity contribution < 1.29 is 27.5 Å². The number of nitrogens with zero attached hydrogens (tertiary/aromatic N) is 4. The van der Waals surface area contributed by atoms with Crippen LogP contribution in [0.15, 0.2) is 28.9 Å². The Bertz CT molecular complexity index is 849. The number of carbonyl (C=O) groups is 2. The minimum absolute atomic E-state index is 0.00917. The summed E-state index contributed by atoms with van der Waals surface area (Å²) in [5, 5.41) is 2.49. The number of halogens is 3. The number of guanidine groups is 1. The van der Waals surface area contributed by atoms with Gasteiger partial charge in [0.15, 0.2) is 18.2 Å². The largest absolute Gasteiger partial charge is 0.480 e. The number of pyridine rings is 1. The van der Waals surface area contributed by atoms with Crippen LogP contribution >= 0.6 is 0 Å². The van der Waals surface area contributed by atoms with Crippen molar-refractivity contribution in [3.05, 3.63) is 23.9 Å². The Morgan fingerprint density at radius 3 is 2.80 bits per heavy atom. The van der Waals surface area contributed by atoms with E-state index >= 15 is 0 Å². The van der Waals surface area contributed by atoms with E-state index in [0.717, 1.165) is 9.80 Å². The smallest absolute Gasteiger partial charge is 0.431 e. The summed E-state index contributed by atoms with van der Waals surface area (Å²) in [6.07, 6.45) is -4.15. The molecule has 8 nitrogen and oxygen atoms in total. The lowest BCUT2D eigenvalue weighted by atomic mass is 10.2. The molecule has 3 aliphatic heterocycles. The molecule has 0 radical (unpaired) electrons. The van der Waals surface area contributed by atoms with Crippen LogP contribution in [0.4, 0.5) is 24.8 Å². The van der Waals surface area contributed by atoms with Crippen molar-refractivity contribution in [2.75, 3.05) is 29.9 Å². The molecule has 130 valence electrons. The second-order valence-corrected chi connectivity index (χ2v) is 5.39. The number of nitrogens with one attached hydrogen (secondary N) is 1. The molecule has 1 aromatic heterocycles. The monoisotopic (exact) mass is 353 g/mol. The molecule has 0 aliphatic carbocycles. The highest BCUT2D eigenvalue weighted by Gasteiger charge is 2.46. The number of hydrogen-bond donors (Lipinski definition) is 1. The number of ether oxygens (including phenoxy) is 1. The molecule has 1 N–H and O–H groups in total. The summed E-state index contributed by atoms with van der Waals surface area (Å²) in [5.74, 6) is -1.03. The van der Waals surface area contributed by atoms with E-state index < -0.39 is 23.7 Å². The zero-order valence-corrected chi connectivity index (χ0v) is 12.5. The van der Waals surface area contributed by atoms with Crippen LogP contribution in [-0.2, 0) is 9.59 Å². The maximum atomic E-state index is 13.1. The molecule has 0 spiro atoms. The third kappa shape index (κ3) is 2.47. The fourth-order valence-electron chi connectivity index (χ4n) is 2.74. The molecule has 1 aromatic rings. The Kier molecular flexibility index (Phi) is 3.20. The summed E-state index contributed by atoms with van der Waals surface area (Å²) < 4.78 is 44.6. The highest BCUT2D eigenvalue weighted by molar-refractivity contribution is 6.22. The lowest BCUT2D eigenvalue weighted by Gasteiger charge is -2.34. The van der Waals surface area contributed by atoms with Crippen LogP contribution in [0.25, 0.3) is 0 Å². The first-order chi connectivity index (χ1) is 11.8. The van der Waals surface area contributed by atoms with Gasteiger partial charge in [0.25, 0.3) is 11.8 Å². The van der Waals surface area contributed by atoms with Gasteiger partial charge in [-0.15, -0.1) is 0 Å². The van der Waals surface area contributed by atoms with Gasteiger partial charge in [-0.25, -0.2) is 9.88 Å². The molecule has 0 saturated carbocycles. The van der Waals surface area contributed by atoms with E-state index in [1.54, 1.807) is 0 Å². The van der Waals surface area contributed by atoms with Gasteiger partial charge in [0, 0.05) is 12.6 Å². The lowest BCUT2D eigenvalue weighted by molar-refractivity contribution is -0.119. The van der Waals surface area contributed by atoms with E-state index in [1.807, 2.05) is 0 Å². The first-order valence-electron chi connectivity index (χ1n) is 7.23. The third-order valence-corrected chi connectivity index (χ3v) is 3.77. The Hall–Kier alpha value is -3.11. The van der Waals surface area contributed by atoms with Crippen molar-refractivity contribution in [3.8, 4) is 5.75 Å². The van der Waals surface area contributed by atoms with E-state index in [-0.39, 0.29) is 37.3 Å². The SMILES string of the molecule is O=C1COc2ccc(N3C(=O)C=C(C(F)(F)F)N4CCN=C43)nc2N1. The van der Waals surface area contributed by atoms with Gasteiger partial charge < -0.3 is 15.0 Å². The average Bonchev–Trinajstić information content (AvgIpc) is 3.01. The first kappa shape index (κ1) is 15.4. The number of carbonyl (C=O) groups excluding carboxylic acids is 2. The van der Waals surface area contributed by atoms with Crippen LogP contribution in [0.3, 0.4) is 0 Å². The van der Waals surface area contributed by atoms with Gasteiger partial charge in [0.1, 0.15) is 11.5 Å².